The van der Waals surface area contributed by atoms with Crippen LogP contribution in [0.2, 0.25) is 0 Å². The summed E-state index contributed by atoms with van der Waals surface area (Å²) in [5.41, 5.74) is 0.728. The Hall–Kier alpha value is -1.09. The number of piperazine rings is 1. The largest absolute Gasteiger partial charge is 0.367 e. The Labute approximate surface area is 174 Å². The molecule has 0 unspecified atom stereocenters. The molecule has 0 atom stereocenters. The van der Waals surface area contributed by atoms with Crippen LogP contribution < -0.4 is 15.5 Å². The van der Waals surface area contributed by atoms with Crippen molar-refractivity contribution in [3.63, 3.8) is 0 Å². The van der Waals surface area contributed by atoms with Gasteiger partial charge < -0.3 is 15.5 Å². The number of benzene rings is 1. The predicted molar refractivity (Wildman–Crippen MR) is 119 cm³/mol. The van der Waals surface area contributed by atoms with Crippen molar-refractivity contribution in [2.24, 2.45) is 4.99 Å². The summed E-state index contributed by atoms with van der Waals surface area (Å²) in [6.07, 6.45) is 2.14. The number of guanidine groups is 1. The van der Waals surface area contributed by atoms with Crippen molar-refractivity contribution in [1.29, 1.82) is 0 Å². The molecule has 7 heteroatoms. The zero-order valence-corrected chi connectivity index (χ0v) is 18.3. The maximum Gasteiger partial charge on any atom is 0.191 e. The van der Waals surface area contributed by atoms with E-state index in [9.17, 15) is 4.39 Å². The molecule has 1 aliphatic rings. The molecule has 1 aromatic rings. The van der Waals surface area contributed by atoms with Gasteiger partial charge in [-0.05, 0) is 38.4 Å². The summed E-state index contributed by atoms with van der Waals surface area (Å²) in [5.74, 6) is 0.788. The summed E-state index contributed by atoms with van der Waals surface area (Å²) in [4.78, 5) is 9.10. The number of nitrogens with one attached hydrogen (secondary N) is 2. The average molecular weight is 477 g/mol. The molecule has 0 saturated carbocycles. The fraction of sp³-hybridized carbons (Fsp3) is 0.632. The van der Waals surface area contributed by atoms with Gasteiger partial charge in [-0.15, -0.1) is 24.0 Å². The van der Waals surface area contributed by atoms with Crippen molar-refractivity contribution in [2.75, 3.05) is 57.3 Å². The summed E-state index contributed by atoms with van der Waals surface area (Å²) in [5, 5.41) is 6.66. The van der Waals surface area contributed by atoms with Gasteiger partial charge in [0.05, 0.1) is 5.69 Å². The van der Waals surface area contributed by atoms with Crippen LogP contribution in [-0.2, 0) is 0 Å². The first-order valence-corrected chi connectivity index (χ1v) is 9.48. The van der Waals surface area contributed by atoms with E-state index < -0.39 is 0 Å². The fourth-order valence-corrected chi connectivity index (χ4v) is 3.00. The van der Waals surface area contributed by atoms with E-state index in [1.165, 1.54) is 6.07 Å². The van der Waals surface area contributed by atoms with Crippen molar-refractivity contribution < 1.29 is 4.39 Å². The molecule has 0 spiro atoms. The SMILES string of the molecule is CCCN=C(NCC)NCCCN1CCN(c2ccccc2F)CC1.I. The lowest BCUT2D eigenvalue weighted by atomic mass is 10.2. The van der Waals surface area contributed by atoms with E-state index in [1.54, 1.807) is 6.07 Å². The summed E-state index contributed by atoms with van der Waals surface area (Å²) >= 11 is 0. The van der Waals surface area contributed by atoms with E-state index in [2.05, 4.69) is 39.3 Å². The standard InChI is InChI=1S/C19H32FN5.HI/c1-3-10-22-19(21-4-2)23-11-7-12-24-13-15-25(16-14-24)18-9-6-5-8-17(18)20;/h5-6,8-9H,3-4,7,10-16H2,1-2H3,(H2,21,22,23);1H. The zero-order valence-electron chi connectivity index (χ0n) is 16.0. The zero-order chi connectivity index (χ0) is 17.9. The topological polar surface area (TPSA) is 42.9 Å². The van der Waals surface area contributed by atoms with E-state index in [0.29, 0.717) is 0 Å². The molecule has 1 saturated heterocycles. The molecule has 0 aliphatic carbocycles. The third kappa shape index (κ3) is 7.65. The maximum absolute atomic E-state index is 13.9. The second-order valence-electron chi connectivity index (χ2n) is 6.32. The molecule has 5 nitrogen and oxygen atoms in total. The van der Waals surface area contributed by atoms with E-state index in [1.807, 2.05) is 12.1 Å². The van der Waals surface area contributed by atoms with E-state index in [-0.39, 0.29) is 29.8 Å². The molecular formula is C19H33FIN5. The van der Waals surface area contributed by atoms with Crippen LogP contribution in [0.1, 0.15) is 26.7 Å². The molecule has 0 aromatic heterocycles. The average Bonchev–Trinajstić information content (AvgIpc) is 2.64. The van der Waals surface area contributed by atoms with E-state index in [0.717, 1.165) is 76.8 Å². The Morgan fingerprint density at radius 1 is 1.12 bits per heavy atom. The van der Waals surface area contributed by atoms with Crippen molar-refractivity contribution in [3.05, 3.63) is 30.1 Å². The van der Waals surface area contributed by atoms with Gasteiger partial charge >= 0.3 is 0 Å². The molecular weight excluding hydrogens is 444 g/mol. The van der Waals surface area contributed by atoms with E-state index >= 15 is 0 Å². The van der Waals surface area contributed by atoms with Crippen molar-refractivity contribution in [1.82, 2.24) is 15.5 Å². The van der Waals surface area contributed by atoms with Gasteiger partial charge in [0.1, 0.15) is 5.82 Å². The highest BCUT2D eigenvalue weighted by atomic mass is 127. The number of para-hydroxylation sites is 1. The van der Waals surface area contributed by atoms with Gasteiger partial charge in [-0.25, -0.2) is 4.39 Å². The van der Waals surface area contributed by atoms with E-state index in [4.69, 9.17) is 0 Å². The molecule has 148 valence electrons. The third-order valence-corrected chi connectivity index (χ3v) is 4.35. The van der Waals surface area contributed by atoms with Gasteiger partial charge in [-0.3, -0.25) is 9.89 Å². The smallest absolute Gasteiger partial charge is 0.191 e. The first kappa shape index (κ1) is 23.0. The maximum atomic E-state index is 13.9. The van der Waals surface area contributed by atoms with Crippen LogP contribution >= 0.6 is 24.0 Å². The predicted octanol–water partition coefficient (Wildman–Crippen LogP) is 2.92. The lowest BCUT2D eigenvalue weighted by molar-refractivity contribution is 0.254. The van der Waals surface area contributed by atoms with Crippen molar-refractivity contribution in [2.45, 2.75) is 26.7 Å². The van der Waals surface area contributed by atoms with Gasteiger partial charge in [0.25, 0.3) is 0 Å². The van der Waals surface area contributed by atoms with Crippen LogP contribution in [0.15, 0.2) is 29.3 Å². The van der Waals surface area contributed by atoms with Crippen molar-refractivity contribution >= 4 is 35.6 Å². The summed E-state index contributed by atoms with van der Waals surface area (Å²) in [6, 6.07) is 7.05. The minimum absolute atomic E-state index is 0. The second kappa shape index (κ2) is 13.1. The Morgan fingerprint density at radius 2 is 1.85 bits per heavy atom. The Kier molecular flexibility index (Phi) is 11.6. The number of rotatable bonds is 8. The van der Waals surface area contributed by atoms with Gasteiger partial charge in [0.2, 0.25) is 0 Å². The summed E-state index contributed by atoms with van der Waals surface area (Å²) in [6.45, 7) is 11.7. The lowest BCUT2D eigenvalue weighted by Gasteiger charge is -2.36. The molecule has 1 aliphatic heterocycles. The molecule has 26 heavy (non-hydrogen) atoms. The summed E-state index contributed by atoms with van der Waals surface area (Å²) in [7, 11) is 0. The fourth-order valence-electron chi connectivity index (χ4n) is 3.00. The highest BCUT2D eigenvalue weighted by Gasteiger charge is 2.18. The molecule has 0 radical (unpaired) electrons. The number of nitrogens with zero attached hydrogens (tertiary/aromatic N) is 3. The van der Waals surface area contributed by atoms with Crippen LogP contribution in [0.3, 0.4) is 0 Å². The number of hydrogen-bond donors (Lipinski definition) is 2. The first-order valence-electron chi connectivity index (χ1n) is 9.48. The van der Waals surface area contributed by atoms with Crippen LogP contribution in [0, 0.1) is 5.82 Å². The second-order valence-corrected chi connectivity index (χ2v) is 6.32. The van der Waals surface area contributed by atoms with Crippen LogP contribution in [0.25, 0.3) is 0 Å². The minimum atomic E-state index is -0.123. The van der Waals surface area contributed by atoms with Crippen LogP contribution in [0.4, 0.5) is 10.1 Å². The highest BCUT2D eigenvalue weighted by Crippen LogP contribution is 2.20. The van der Waals surface area contributed by atoms with Crippen LogP contribution in [0.5, 0.6) is 0 Å². The van der Waals surface area contributed by atoms with Crippen molar-refractivity contribution in [3.8, 4) is 0 Å². The van der Waals surface area contributed by atoms with Gasteiger partial charge in [-0.2, -0.15) is 0 Å². The van der Waals surface area contributed by atoms with Gasteiger partial charge in [0, 0.05) is 45.8 Å². The Morgan fingerprint density at radius 3 is 2.50 bits per heavy atom. The number of anilines is 1. The normalized spacial score (nSPS) is 15.5. The number of aliphatic imine (C=N–C) groups is 1. The molecule has 0 amide bonds. The third-order valence-electron chi connectivity index (χ3n) is 4.35. The Bertz CT molecular complexity index is 532. The Balaban J connectivity index is 0.00000338. The quantitative estimate of drug-likeness (QED) is 0.262. The molecule has 0 bridgehead atoms. The highest BCUT2D eigenvalue weighted by molar-refractivity contribution is 14.0. The van der Waals surface area contributed by atoms with Gasteiger partial charge in [0.15, 0.2) is 5.96 Å². The molecule has 1 heterocycles. The summed E-state index contributed by atoms with van der Waals surface area (Å²) < 4.78 is 13.9. The van der Waals surface area contributed by atoms with Gasteiger partial charge in [-0.1, -0.05) is 19.1 Å². The minimum Gasteiger partial charge on any atom is -0.367 e. The lowest BCUT2D eigenvalue weighted by Crippen LogP contribution is -2.47. The number of halogens is 2. The molecule has 1 fully saturated rings. The molecule has 2 N–H and O–H groups in total. The first-order chi connectivity index (χ1) is 12.2. The molecule has 2 rings (SSSR count). The molecule has 1 aromatic carbocycles. The monoisotopic (exact) mass is 477 g/mol. The number of hydrogen-bond acceptors (Lipinski definition) is 3. The van der Waals surface area contributed by atoms with Crippen LogP contribution in [-0.4, -0.2) is 63.2 Å².